The minimum Gasteiger partial charge on any atom is -0.467 e. The van der Waals surface area contributed by atoms with Gasteiger partial charge in [-0.3, -0.25) is 4.79 Å². The Balaban J connectivity index is 3.11. The van der Waals surface area contributed by atoms with Crippen molar-refractivity contribution >= 4 is 11.9 Å². The maximum absolute atomic E-state index is 12.2. The van der Waals surface area contributed by atoms with E-state index in [1.165, 1.54) is 14.0 Å². The Morgan fingerprint density at radius 3 is 2.48 bits per heavy atom. The second-order valence-electron chi connectivity index (χ2n) is 6.33. The van der Waals surface area contributed by atoms with E-state index in [1.807, 2.05) is 20.8 Å². The summed E-state index contributed by atoms with van der Waals surface area (Å²) in [5.41, 5.74) is 7.45. The molecule has 1 heterocycles. The molecule has 0 spiro atoms. The van der Waals surface area contributed by atoms with Crippen molar-refractivity contribution in [1.29, 1.82) is 0 Å². The van der Waals surface area contributed by atoms with Crippen LogP contribution in [0.15, 0.2) is 5.11 Å². The van der Waals surface area contributed by atoms with Gasteiger partial charge >= 0.3 is 11.9 Å². The Labute approximate surface area is 136 Å². The molecule has 1 aliphatic heterocycles. The van der Waals surface area contributed by atoms with E-state index in [2.05, 4.69) is 10.0 Å². The quantitative estimate of drug-likeness (QED) is 0.333. The topological polar surface area (TPSA) is 111 Å². The number of azide groups is 1. The highest BCUT2D eigenvalue weighted by molar-refractivity contribution is 5.80. The van der Waals surface area contributed by atoms with Crippen LogP contribution in [0.4, 0.5) is 0 Å². The molecule has 0 radical (unpaired) electrons. The van der Waals surface area contributed by atoms with Crippen LogP contribution in [0.1, 0.15) is 34.6 Å². The first-order valence-electron chi connectivity index (χ1n) is 7.62. The maximum Gasteiger partial charge on any atom is 0.338 e. The van der Waals surface area contributed by atoms with Gasteiger partial charge in [0.2, 0.25) is 0 Å². The van der Waals surface area contributed by atoms with Gasteiger partial charge in [-0.1, -0.05) is 25.9 Å². The molecule has 0 aromatic carbocycles. The lowest BCUT2D eigenvalue weighted by Crippen LogP contribution is -2.61. The highest BCUT2D eigenvalue weighted by atomic mass is 16.6. The molecule has 0 aromatic rings. The molecule has 1 saturated heterocycles. The first-order valence-corrected chi connectivity index (χ1v) is 7.62. The molecule has 1 rings (SSSR count). The molecule has 0 amide bonds. The summed E-state index contributed by atoms with van der Waals surface area (Å²) in [7, 11) is 1.27. The van der Waals surface area contributed by atoms with Gasteiger partial charge in [-0.2, -0.15) is 0 Å². The lowest BCUT2D eigenvalue weighted by Gasteiger charge is -2.49. The summed E-state index contributed by atoms with van der Waals surface area (Å²) >= 11 is 0. The molecular weight excluding hydrogens is 302 g/mol. The third-order valence-corrected chi connectivity index (χ3v) is 4.67. The molecular formula is C15H25N3O5. The zero-order valence-corrected chi connectivity index (χ0v) is 14.5. The monoisotopic (exact) mass is 327 g/mol. The lowest BCUT2D eigenvalue weighted by molar-refractivity contribution is -0.214. The molecule has 0 aliphatic carbocycles. The zero-order valence-electron chi connectivity index (χ0n) is 14.5. The van der Waals surface area contributed by atoms with E-state index in [4.69, 9.17) is 19.7 Å². The van der Waals surface area contributed by atoms with Crippen LogP contribution in [0.25, 0.3) is 10.4 Å². The standard InChI is InChI=1S/C15H25N3O5/c1-8(7-22-11(4)19)12-9(2)10(3)13(17-18-16)15(5,23-12)14(20)21-6/h8-10,12-13H,7H2,1-6H3/t8-,9-,10+,12?,13?,15+/m1/s1. The third kappa shape index (κ3) is 3.95. The Morgan fingerprint density at radius 1 is 1.39 bits per heavy atom. The Bertz CT molecular complexity index is 505. The fraction of sp³-hybridized carbons (Fsp3) is 0.867. The lowest BCUT2D eigenvalue weighted by atomic mass is 9.72. The Hall–Kier alpha value is -1.79. The summed E-state index contributed by atoms with van der Waals surface area (Å²) < 4.78 is 15.9. The molecule has 130 valence electrons. The van der Waals surface area contributed by atoms with E-state index in [0.29, 0.717) is 0 Å². The average Bonchev–Trinajstić information content (AvgIpc) is 2.51. The van der Waals surface area contributed by atoms with Gasteiger partial charge in [-0.15, -0.1) is 0 Å². The highest BCUT2D eigenvalue weighted by Gasteiger charge is 2.54. The number of ether oxygens (including phenoxy) is 3. The minimum atomic E-state index is -1.37. The minimum absolute atomic E-state index is 0.00814. The van der Waals surface area contributed by atoms with Crippen molar-refractivity contribution in [3.8, 4) is 0 Å². The summed E-state index contributed by atoms with van der Waals surface area (Å²) in [6.45, 7) is 8.89. The predicted molar refractivity (Wildman–Crippen MR) is 82.4 cm³/mol. The predicted octanol–water partition coefficient (Wildman–Crippen LogP) is 2.47. The van der Waals surface area contributed by atoms with Crippen molar-refractivity contribution in [3.05, 3.63) is 10.4 Å². The van der Waals surface area contributed by atoms with Crippen LogP contribution in [0.3, 0.4) is 0 Å². The fourth-order valence-corrected chi connectivity index (χ4v) is 3.17. The van der Waals surface area contributed by atoms with Crippen LogP contribution in [-0.4, -0.2) is 43.4 Å². The molecule has 2 unspecified atom stereocenters. The van der Waals surface area contributed by atoms with Gasteiger partial charge in [0.1, 0.15) is 0 Å². The summed E-state index contributed by atoms with van der Waals surface area (Å²) in [5.74, 6) is -1.16. The summed E-state index contributed by atoms with van der Waals surface area (Å²) in [5, 5.41) is 3.77. The second-order valence-corrected chi connectivity index (χ2v) is 6.33. The van der Waals surface area contributed by atoms with Crippen LogP contribution in [-0.2, 0) is 23.8 Å². The van der Waals surface area contributed by atoms with Gasteiger partial charge in [0.05, 0.1) is 25.9 Å². The van der Waals surface area contributed by atoms with Crippen LogP contribution < -0.4 is 0 Å². The van der Waals surface area contributed by atoms with E-state index in [1.54, 1.807) is 6.92 Å². The van der Waals surface area contributed by atoms with Gasteiger partial charge in [0.15, 0.2) is 5.60 Å². The highest BCUT2D eigenvalue weighted by Crippen LogP contribution is 2.42. The van der Waals surface area contributed by atoms with Crippen LogP contribution in [0, 0.1) is 17.8 Å². The fourth-order valence-electron chi connectivity index (χ4n) is 3.17. The van der Waals surface area contributed by atoms with E-state index in [0.717, 1.165) is 0 Å². The molecule has 0 saturated carbocycles. The van der Waals surface area contributed by atoms with Crippen molar-refractivity contribution in [2.24, 2.45) is 22.9 Å². The smallest absolute Gasteiger partial charge is 0.338 e. The van der Waals surface area contributed by atoms with Crippen molar-refractivity contribution in [2.45, 2.75) is 52.4 Å². The first-order chi connectivity index (χ1) is 10.7. The van der Waals surface area contributed by atoms with Crippen molar-refractivity contribution in [1.82, 2.24) is 0 Å². The molecule has 8 nitrogen and oxygen atoms in total. The molecule has 8 heteroatoms. The Morgan fingerprint density at radius 2 is 2.00 bits per heavy atom. The number of hydrogen-bond acceptors (Lipinski definition) is 6. The second kappa shape index (κ2) is 7.66. The number of esters is 2. The van der Waals surface area contributed by atoms with Gasteiger partial charge < -0.3 is 14.2 Å². The number of rotatable bonds is 5. The number of carbonyl (C=O) groups excluding carboxylic acids is 2. The van der Waals surface area contributed by atoms with Crippen LogP contribution in [0.5, 0.6) is 0 Å². The van der Waals surface area contributed by atoms with Gasteiger partial charge in [0.25, 0.3) is 0 Å². The van der Waals surface area contributed by atoms with Crippen LogP contribution in [0.2, 0.25) is 0 Å². The van der Waals surface area contributed by atoms with Gasteiger partial charge in [-0.25, -0.2) is 4.79 Å². The van der Waals surface area contributed by atoms with Gasteiger partial charge in [0, 0.05) is 17.8 Å². The number of hydrogen-bond donors (Lipinski definition) is 0. The molecule has 6 atom stereocenters. The van der Waals surface area contributed by atoms with E-state index >= 15 is 0 Å². The molecule has 1 aliphatic rings. The van der Waals surface area contributed by atoms with Crippen molar-refractivity contribution < 1.29 is 23.8 Å². The van der Waals surface area contributed by atoms with Crippen molar-refractivity contribution in [2.75, 3.05) is 13.7 Å². The summed E-state index contributed by atoms with van der Waals surface area (Å²) in [6, 6.07) is -0.674. The van der Waals surface area contributed by atoms with Crippen LogP contribution >= 0.6 is 0 Å². The van der Waals surface area contributed by atoms with Gasteiger partial charge in [-0.05, 0) is 24.3 Å². The molecule has 0 N–H and O–H groups in total. The first kappa shape index (κ1) is 19.3. The normalized spacial score (nSPS) is 34.9. The molecule has 23 heavy (non-hydrogen) atoms. The van der Waals surface area contributed by atoms with E-state index in [-0.39, 0.29) is 36.4 Å². The molecule has 0 bridgehead atoms. The van der Waals surface area contributed by atoms with E-state index in [9.17, 15) is 9.59 Å². The summed E-state index contributed by atoms with van der Waals surface area (Å²) in [6.07, 6.45) is -0.335. The zero-order chi connectivity index (χ0) is 17.8. The van der Waals surface area contributed by atoms with E-state index < -0.39 is 17.6 Å². The maximum atomic E-state index is 12.2. The molecule has 0 aromatic heterocycles. The summed E-state index contributed by atoms with van der Waals surface area (Å²) in [4.78, 5) is 26.1. The molecule has 1 fully saturated rings. The average molecular weight is 327 g/mol. The largest absolute Gasteiger partial charge is 0.467 e. The SMILES string of the molecule is COC(=O)[C@@]1(C)OC([C@H](C)COC(C)=O)[C@H](C)[C@H](C)C1N=[N+]=[N-]. The number of nitrogens with zero attached hydrogens (tertiary/aromatic N) is 3. The third-order valence-electron chi connectivity index (χ3n) is 4.67. The number of carbonyl (C=O) groups is 2. The Kier molecular flexibility index (Phi) is 6.41. The number of methoxy groups -OCH3 is 1. The van der Waals surface area contributed by atoms with Crippen molar-refractivity contribution in [3.63, 3.8) is 0 Å².